The van der Waals surface area contributed by atoms with Gasteiger partial charge in [0.15, 0.2) is 0 Å². The first-order chi connectivity index (χ1) is 19.4. The van der Waals surface area contributed by atoms with Crippen LogP contribution in [0.1, 0.15) is 45.4 Å². The Morgan fingerprint density at radius 1 is 1.00 bits per heavy atom. The van der Waals surface area contributed by atoms with Crippen molar-refractivity contribution in [3.8, 4) is 11.3 Å². The van der Waals surface area contributed by atoms with Crippen LogP contribution in [0.3, 0.4) is 0 Å². The van der Waals surface area contributed by atoms with Gasteiger partial charge >= 0.3 is 0 Å². The quantitative estimate of drug-likeness (QED) is 0.258. The van der Waals surface area contributed by atoms with E-state index in [-0.39, 0.29) is 30.2 Å². The van der Waals surface area contributed by atoms with Crippen LogP contribution in [0, 0.1) is 5.82 Å². The molecule has 5 aromatic rings. The SMILES string of the molecule is O=C(NCc1cc2cc(Br)ccc2o1)c1cccc(C(=O)N2CCC(n3cc(-c4ccc(F)cc4)nn3)CC2)c1. The van der Waals surface area contributed by atoms with E-state index >= 15 is 0 Å². The molecule has 1 N–H and O–H groups in total. The maximum Gasteiger partial charge on any atom is 0.253 e. The van der Waals surface area contributed by atoms with Crippen LogP contribution in [0.2, 0.25) is 0 Å². The lowest BCUT2D eigenvalue weighted by Crippen LogP contribution is -2.39. The number of likely N-dealkylation sites (tertiary alicyclic amines) is 1. The summed E-state index contributed by atoms with van der Waals surface area (Å²) in [7, 11) is 0. The molecule has 1 saturated heterocycles. The summed E-state index contributed by atoms with van der Waals surface area (Å²) >= 11 is 3.45. The topological polar surface area (TPSA) is 93.3 Å². The van der Waals surface area contributed by atoms with Crippen molar-refractivity contribution in [3.63, 3.8) is 0 Å². The molecule has 0 bridgehead atoms. The molecule has 202 valence electrons. The fourth-order valence-electron chi connectivity index (χ4n) is 4.94. The number of aromatic nitrogens is 3. The van der Waals surface area contributed by atoms with Crippen LogP contribution >= 0.6 is 15.9 Å². The number of hydrogen-bond donors (Lipinski definition) is 1. The molecule has 1 fully saturated rings. The Morgan fingerprint density at radius 3 is 2.58 bits per heavy atom. The summed E-state index contributed by atoms with van der Waals surface area (Å²) in [6, 6.07) is 20.7. The van der Waals surface area contributed by atoms with Crippen LogP contribution in [-0.4, -0.2) is 44.8 Å². The van der Waals surface area contributed by atoms with Crippen molar-refractivity contribution >= 4 is 38.7 Å². The van der Waals surface area contributed by atoms with E-state index in [9.17, 15) is 14.0 Å². The fraction of sp³-hybridized carbons (Fsp3) is 0.200. The van der Waals surface area contributed by atoms with Crippen LogP contribution in [0.4, 0.5) is 4.39 Å². The molecule has 0 saturated carbocycles. The molecule has 0 unspecified atom stereocenters. The van der Waals surface area contributed by atoms with Crippen molar-refractivity contribution in [2.24, 2.45) is 0 Å². The average Bonchev–Trinajstić information content (AvgIpc) is 3.63. The van der Waals surface area contributed by atoms with Crippen molar-refractivity contribution in [1.29, 1.82) is 0 Å². The molecule has 3 heterocycles. The van der Waals surface area contributed by atoms with Gasteiger partial charge in [0.2, 0.25) is 0 Å². The van der Waals surface area contributed by atoms with Crippen molar-refractivity contribution in [2.45, 2.75) is 25.4 Å². The molecule has 40 heavy (non-hydrogen) atoms. The third-order valence-electron chi connectivity index (χ3n) is 7.10. The summed E-state index contributed by atoms with van der Waals surface area (Å²) in [6.45, 7) is 1.36. The van der Waals surface area contributed by atoms with Crippen LogP contribution in [0.5, 0.6) is 0 Å². The van der Waals surface area contributed by atoms with Gasteiger partial charge in [-0.1, -0.05) is 27.2 Å². The highest BCUT2D eigenvalue weighted by molar-refractivity contribution is 9.10. The van der Waals surface area contributed by atoms with E-state index in [0.29, 0.717) is 35.7 Å². The molecular weight excluding hydrogens is 577 g/mol. The number of amides is 2. The summed E-state index contributed by atoms with van der Waals surface area (Å²) in [5.74, 6) is -0.0379. The van der Waals surface area contributed by atoms with Gasteiger partial charge in [-0.3, -0.25) is 9.59 Å². The highest BCUT2D eigenvalue weighted by Gasteiger charge is 2.26. The monoisotopic (exact) mass is 601 g/mol. The van der Waals surface area contributed by atoms with Gasteiger partial charge in [-0.25, -0.2) is 9.07 Å². The minimum absolute atomic E-state index is 0.110. The van der Waals surface area contributed by atoms with Gasteiger partial charge in [-0.2, -0.15) is 0 Å². The summed E-state index contributed by atoms with van der Waals surface area (Å²) < 4.78 is 21.8. The summed E-state index contributed by atoms with van der Waals surface area (Å²) in [5, 5.41) is 12.3. The van der Waals surface area contributed by atoms with Gasteiger partial charge in [0.05, 0.1) is 18.8 Å². The van der Waals surface area contributed by atoms with Gasteiger partial charge in [-0.05, 0) is 79.6 Å². The van der Waals surface area contributed by atoms with E-state index in [1.54, 1.807) is 41.3 Å². The Kier molecular flexibility index (Phi) is 7.17. The first-order valence-corrected chi connectivity index (χ1v) is 13.8. The molecule has 2 amide bonds. The number of hydrogen-bond acceptors (Lipinski definition) is 5. The second-order valence-electron chi connectivity index (χ2n) is 9.77. The second-order valence-corrected chi connectivity index (χ2v) is 10.7. The Hall–Kier alpha value is -4.31. The zero-order valence-corrected chi connectivity index (χ0v) is 23.0. The maximum atomic E-state index is 13.3. The number of furan rings is 1. The lowest BCUT2D eigenvalue weighted by atomic mass is 10.0. The van der Waals surface area contributed by atoms with Crippen LogP contribution in [0.25, 0.3) is 22.2 Å². The maximum absolute atomic E-state index is 13.3. The summed E-state index contributed by atoms with van der Waals surface area (Å²) in [4.78, 5) is 27.9. The molecule has 10 heteroatoms. The fourth-order valence-corrected chi connectivity index (χ4v) is 5.32. The number of carbonyl (C=O) groups is 2. The summed E-state index contributed by atoms with van der Waals surface area (Å²) in [6.07, 6.45) is 3.32. The Labute approximate surface area is 237 Å². The van der Waals surface area contributed by atoms with Gasteiger partial charge in [-0.15, -0.1) is 5.10 Å². The minimum Gasteiger partial charge on any atom is -0.459 e. The standard InChI is InChI=1S/C30H25BrFN5O3/c31-23-6-9-28-22(15-23)16-26(40-28)17-33-29(38)20-2-1-3-21(14-20)30(39)36-12-10-25(11-13-36)37-18-27(34-35-37)19-4-7-24(32)8-5-19/h1-9,14-16,18,25H,10-13,17H2,(H,33,38). The Balaban J connectivity index is 1.05. The Bertz CT molecular complexity index is 1690. The zero-order valence-electron chi connectivity index (χ0n) is 21.4. The molecule has 0 aliphatic carbocycles. The first-order valence-electron chi connectivity index (χ1n) is 13.0. The number of rotatable bonds is 6. The Morgan fingerprint density at radius 2 is 1.77 bits per heavy atom. The molecular formula is C30H25BrFN5O3. The average molecular weight is 602 g/mol. The van der Waals surface area contributed by atoms with Gasteiger partial charge in [0.25, 0.3) is 11.8 Å². The number of nitrogens with zero attached hydrogens (tertiary/aromatic N) is 4. The molecule has 1 aliphatic heterocycles. The zero-order chi connectivity index (χ0) is 27.6. The molecule has 6 rings (SSSR count). The number of halogens is 2. The van der Waals surface area contributed by atoms with Crippen LogP contribution in [0.15, 0.2) is 87.9 Å². The smallest absolute Gasteiger partial charge is 0.253 e. The number of benzene rings is 3. The lowest BCUT2D eigenvalue weighted by Gasteiger charge is -2.32. The molecule has 2 aromatic heterocycles. The van der Waals surface area contributed by atoms with E-state index in [1.165, 1.54) is 12.1 Å². The largest absolute Gasteiger partial charge is 0.459 e. The molecule has 1 aliphatic rings. The summed E-state index contributed by atoms with van der Waals surface area (Å²) in [5.41, 5.74) is 3.12. The minimum atomic E-state index is -0.296. The number of carbonyl (C=O) groups excluding carboxylic acids is 2. The number of fused-ring (bicyclic) bond motifs is 1. The molecule has 3 aromatic carbocycles. The lowest BCUT2D eigenvalue weighted by molar-refractivity contribution is 0.0689. The van der Waals surface area contributed by atoms with Crippen molar-refractivity contribution in [1.82, 2.24) is 25.2 Å². The second kappa shape index (κ2) is 11.1. The number of piperidine rings is 1. The third-order valence-corrected chi connectivity index (χ3v) is 7.59. The van der Waals surface area contributed by atoms with Crippen molar-refractivity contribution in [3.05, 3.63) is 106 Å². The van der Waals surface area contributed by atoms with Crippen LogP contribution < -0.4 is 5.32 Å². The number of nitrogens with one attached hydrogen (secondary N) is 1. The third kappa shape index (κ3) is 5.53. The van der Waals surface area contributed by atoms with Gasteiger partial charge < -0.3 is 14.6 Å². The van der Waals surface area contributed by atoms with Crippen molar-refractivity contribution in [2.75, 3.05) is 13.1 Å². The van der Waals surface area contributed by atoms with Crippen LogP contribution in [-0.2, 0) is 6.54 Å². The van der Waals surface area contributed by atoms with E-state index < -0.39 is 0 Å². The first kappa shape index (κ1) is 25.9. The molecule has 0 atom stereocenters. The predicted octanol–water partition coefficient (Wildman–Crippen LogP) is 6.00. The highest BCUT2D eigenvalue weighted by Crippen LogP contribution is 2.26. The van der Waals surface area contributed by atoms with Crippen molar-refractivity contribution < 1.29 is 18.4 Å². The van der Waals surface area contributed by atoms with E-state index in [1.807, 2.05) is 35.1 Å². The van der Waals surface area contributed by atoms with E-state index in [2.05, 4.69) is 31.6 Å². The van der Waals surface area contributed by atoms with E-state index in [4.69, 9.17) is 4.42 Å². The van der Waals surface area contributed by atoms with Gasteiger partial charge in [0, 0.05) is 39.6 Å². The molecule has 0 spiro atoms. The molecule has 0 radical (unpaired) electrons. The van der Waals surface area contributed by atoms with E-state index in [0.717, 1.165) is 33.8 Å². The highest BCUT2D eigenvalue weighted by atomic mass is 79.9. The predicted molar refractivity (Wildman–Crippen MR) is 151 cm³/mol. The van der Waals surface area contributed by atoms with Gasteiger partial charge in [0.1, 0.15) is 22.9 Å². The normalized spacial score (nSPS) is 14.0. The molecule has 8 nitrogen and oxygen atoms in total.